The molecule has 5 aromatic rings. The van der Waals surface area contributed by atoms with Gasteiger partial charge in [-0.05, 0) is 51.9 Å². The summed E-state index contributed by atoms with van der Waals surface area (Å²) in [6.07, 6.45) is 1.87. The fraction of sp³-hybridized carbons (Fsp3) is 0.114. The van der Waals surface area contributed by atoms with Crippen LogP contribution in [-0.4, -0.2) is 18.0 Å². The molecule has 5 aromatic carbocycles. The van der Waals surface area contributed by atoms with E-state index in [0.29, 0.717) is 21.4 Å². The number of imide groups is 1. The molecule has 2 atom stereocenters. The van der Waals surface area contributed by atoms with E-state index in [2.05, 4.69) is 24.3 Å². The Morgan fingerprint density at radius 3 is 2.10 bits per heavy atom. The molecule has 6 heteroatoms. The molecule has 198 valence electrons. The number of carbonyl (C=O) groups excluding carboxylic acids is 2. The molecular formula is C35H22Cl2N2O2. The monoisotopic (exact) mass is 572 g/mol. The van der Waals surface area contributed by atoms with E-state index in [9.17, 15) is 9.59 Å². The van der Waals surface area contributed by atoms with Gasteiger partial charge in [-0.2, -0.15) is 0 Å². The number of anilines is 1. The van der Waals surface area contributed by atoms with Crippen molar-refractivity contribution in [3.8, 4) is 0 Å². The molecule has 1 aliphatic heterocycles. The first-order valence-corrected chi connectivity index (χ1v) is 14.3. The van der Waals surface area contributed by atoms with E-state index in [-0.39, 0.29) is 17.7 Å². The molecule has 0 saturated carbocycles. The van der Waals surface area contributed by atoms with Crippen molar-refractivity contribution < 1.29 is 9.59 Å². The Balaban J connectivity index is 1.40. The summed E-state index contributed by atoms with van der Waals surface area (Å²) in [6.45, 7) is 0. The third kappa shape index (κ3) is 3.26. The second-order valence-electron chi connectivity index (χ2n) is 10.9. The largest absolute Gasteiger partial charge is 0.274 e. The SMILES string of the molecule is O=C1[C@@H]2C3c4ccccc4C(C=Nc4ccc(Cl)c(Cl)c4)(c4ccccc43)[C@H]2C(=O)N1c1cccc2ccccc12. The molecule has 2 bridgehead atoms. The Morgan fingerprint density at radius 2 is 1.37 bits per heavy atom. The second-order valence-corrected chi connectivity index (χ2v) is 11.7. The summed E-state index contributed by atoms with van der Waals surface area (Å²) in [5.41, 5.74) is 4.43. The van der Waals surface area contributed by atoms with Crippen molar-refractivity contribution in [2.45, 2.75) is 11.3 Å². The van der Waals surface area contributed by atoms with Crippen molar-refractivity contribution in [3.05, 3.63) is 141 Å². The fourth-order valence-corrected chi connectivity index (χ4v) is 7.72. The van der Waals surface area contributed by atoms with Crippen LogP contribution in [0.15, 0.2) is 114 Å². The predicted molar refractivity (Wildman–Crippen MR) is 164 cm³/mol. The highest BCUT2D eigenvalue weighted by Gasteiger charge is 2.68. The van der Waals surface area contributed by atoms with Gasteiger partial charge >= 0.3 is 0 Å². The molecule has 9 rings (SSSR count). The molecule has 1 fully saturated rings. The average molecular weight is 573 g/mol. The molecule has 1 saturated heterocycles. The lowest BCUT2D eigenvalue weighted by atomic mass is 9.47. The van der Waals surface area contributed by atoms with Gasteiger partial charge in [0.25, 0.3) is 0 Å². The topological polar surface area (TPSA) is 49.7 Å². The zero-order valence-corrected chi connectivity index (χ0v) is 23.2. The average Bonchev–Trinajstić information content (AvgIpc) is 3.28. The predicted octanol–water partition coefficient (Wildman–Crippen LogP) is 8.10. The summed E-state index contributed by atoms with van der Waals surface area (Å²) < 4.78 is 0. The van der Waals surface area contributed by atoms with Crippen LogP contribution in [0.3, 0.4) is 0 Å². The number of amides is 2. The van der Waals surface area contributed by atoms with Crippen molar-refractivity contribution in [2.24, 2.45) is 16.8 Å². The zero-order chi connectivity index (χ0) is 27.9. The van der Waals surface area contributed by atoms with E-state index in [1.54, 1.807) is 18.2 Å². The van der Waals surface area contributed by atoms with E-state index in [0.717, 1.165) is 33.0 Å². The number of hydrogen-bond acceptors (Lipinski definition) is 3. The zero-order valence-electron chi connectivity index (χ0n) is 21.7. The summed E-state index contributed by atoms with van der Waals surface area (Å²) in [7, 11) is 0. The van der Waals surface area contributed by atoms with E-state index < -0.39 is 17.3 Å². The molecule has 0 aromatic heterocycles. The lowest BCUT2D eigenvalue weighted by Crippen LogP contribution is -2.54. The minimum Gasteiger partial charge on any atom is -0.274 e. The van der Waals surface area contributed by atoms with Gasteiger partial charge in [-0.25, -0.2) is 4.90 Å². The summed E-state index contributed by atoms with van der Waals surface area (Å²) >= 11 is 12.5. The Bertz CT molecular complexity index is 1910. The number of halogens is 2. The second kappa shape index (κ2) is 8.87. The molecule has 0 spiro atoms. The van der Waals surface area contributed by atoms with Crippen molar-refractivity contribution >= 4 is 63.4 Å². The van der Waals surface area contributed by atoms with Crippen LogP contribution < -0.4 is 4.90 Å². The van der Waals surface area contributed by atoms with Crippen LogP contribution in [-0.2, 0) is 15.0 Å². The lowest BCUT2D eigenvalue weighted by molar-refractivity contribution is -0.122. The van der Waals surface area contributed by atoms with Gasteiger partial charge in [-0.1, -0.05) is 108 Å². The Hall–Kier alpha value is -4.25. The lowest BCUT2D eigenvalue weighted by Gasteiger charge is -2.52. The van der Waals surface area contributed by atoms with Gasteiger partial charge in [-0.15, -0.1) is 0 Å². The van der Waals surface area contributed by atoms with Gasteiger partial charge in [0.05, 0.1) is 38.7 Å². The molecule has 41 heavy (non-hydrogen) atoms. The number of hydrogen-bond donors (Lipinski definition) is 0. The van der Waals surface area contributed by atoms with Crippen LogP contribution in [0.5, 0.6) is 0 Å². The maximum absolute atomic E-state index is 14.7. The molecule has 0 N–H and O–H groups in total. The summed E-state index contributed by atoms with van der Waals surface area (Å²) in [4.78, 5) is 35.6. The summed E-state index contributed by atoms with van der Waals surface area (Å²) in [5, 5.41) is 2.70. The Kier molecular flexibility index (Phi) is 5.31. The van der Waals surface area contributed by atoms with Crippen LogP contribution in [0.25, 0.3) is 10.8 Å². The van der Waals surface area contributed by atoms with Crippen molar-refractivity contribution in [3.63, 3.8) is 0 Å². The van der Waals surface area contributed by atoms with Gasteiger partial charge < -0.3 is 0 Å². The van der Waals surface area contributed by atoms with Gasteiger partial charge in [0.2, 0.25) is 11.8 Å². The minimum atomic E-state index is -0.954. The maximum atomic E-state index is 14.7. The van der Waals surface area contributed by atoms with Gasteiger partial charge in [0.1, 0.15) is 0 Å². The number of rotatable bonds is 3. The maximum Gasteiger partial charge on any atom is 0.239 e. The Morgan fingerprint density at radius 1 is 0.707 bits per heavy atom. The molecule has 4 nitrogen and oxygen atoms in total. The molecule has 2 amide bonds. The van der Waals surface area contributed by atoms with Crippen LogP contribution >= 0.6 is 23.2 Å². The number of nitrogens with zero attached hydrogens (tertiary/aromatic N) is 2. The summed E-state index contributed by atoms with van der Waals surface area (Å²) in [6, 6.07) is 35.2. The highest BCUT2D eigenvalue weighted by Crippen LogP contribution is 2.64. The van der Waals surface area contributed by atoms with E-state index in [4.69, 9.17) is 28.2 Å². The number of carbonyl (C=O) groups is 2. The third-order valence-corrected chi connectivity index (χ3v) is 9.75. The molecule has 1 heterocycles. The standard InChI is InChI=1S/C35H22Cl2N2O2/c36-27-17-16-21(18-28(27)37)38-19-35-25-13-5-3-11-23(25)30(24-12-4-6-14-26(24)35)31-32(35)34(41)39(33(31)40)29-15-7-9-20-8-1-2-10-22(20)29/h1-19,30-32H/t30?,31-,32-,35?/m1/s1. The first-order chi connectivity index (χ1) is 20.0. The van der Waals surface area contributed by atoms with Gasteiger partial charge in [0, 0.05) is 17.5 Å². The van der Waals surface area contributed by atoms with Crippen molar-refractivity contribution in [1.82, 2.24) is 0 Å². The van der Waals surface area contributed by atoms with Gasteiger partial charge in [-0.3, -0.25) is 14.6 Å². The van der Waals surface area contributed by atoms with Crippen molar-refractivity contribution in [2.75, 3.05) is 4.90 Å². The number of fused-ring (bicyclic) bond motifs is 1. The van der Waals surface area contributed by atoms with E-state index in [1.807, 2.05) is 72.9 Å². The van der Waals surface area contributed by atoms with Gasteiger partial charge in [0.15, 0.2) is 0 Å². The van der Waals surface area contributed by atoms with E-state index in [1.165, 1.54) is 4.90 Å². The van der Waals surface area contributed by atoms with Crippen molar-refractivity contribution in [1.29, 1.82) is 0 Å². The first-order valence-electron chi connectivity index (χ1n) is 13.6. The first kappa shape index (κ1) is 24.5. The van der Waals surface area contributed by atoms with Crippen LogP contribution in [0.1, 0.15) is 28.2 Å². The van der Waals surface area contributed by atoms with E-state index >= 15 is 0 Å². The quantitative estimate of drug-likeness (QED) is 0.162. The number of benzene rings is 5. The fourth-order valence-electron chi connectivity index (χ4n) is 7.43. The summed E-state index contributed by atoms with van der Waals surface area (Å²) in [5.74, 6) is -1.82. The molecular weight excluding hydrogens is 551 g/mol. The molecule has 0 radical (unpaired) electrons. The third-order valence-electron chi connectivity index (χ3n) is 9.01. The highest BCUT2D eigenvalue weighted by molar-refractivity contribution is 6.42. The molecule has 4 aliphatic rings. The smallest absolute Gasteiger partial charge is 0.239 e. The number of aliphatic imine (C=N–C) groups is 1. The Labute approximate surface area is 246 Å². The normalized spacial score (nSPS) is 24.1. The minimum absolute atomic E-state index is 0.169. The van der Waals surface area contributed by atoms with Crippen LogP contribution in [0, 0.1) is 11.8 Å². The highest BCUT2D eigenvalue weighted by atomic mass is 35.5. The molecule has 3 aliphatic carbocycles. The van der Waals surface area contributed by atoms with Crippen LogP contribution in [0.2, 0.25) is 10.0 Å². The molecule has 0 unspecified atom stereocenters. The van der Waals surface area contributed by atoms with Crippen LogP contribution in [0.4, 0.5) is 11.4 Å².